The van der Waals surface area contributed by atoms with Crippen LogP contribution in [0.4, 0.5) is 4.39 Å². The number of imidazole rings is 1. The summed E-state index contributed by atoms with van der Waals surface area (Å²) >= 11 is 3.20. The van der Waals surface area contributed by atoms with Crippen LogP contribution in [0.15, 0.2) is 71.1 Å². The second kappa shape index (κ2) is 11.1. The minimum atomic E-state index is -0.279. The van der Waals surface area contributed by atoms with E-state index < -0.39 is 0 Å². The van der Waals surface area contributed by atoms with Crippen LogP contribution in [0.25, 0.3) is 12.2 Å². The summed E-state index contributed by atoms with van der Waals surface area (Å²) in [4.78, 5) is 15.4. The monoisotopic (exact) mass is 429 g/mol. The van der Waals surface area contributed by atoms with Gasteiger partial charge < -0.3 is 4.84 Å². The molecular formula is C21H21BrFN3O. The molecule has 2 heterocycles. The summed E-state index contributed by atoms with van der Waals surface area (Å²) in [5, 5.41) is 0. The molecule has 2 aromatic rings. The summed E-state index contributed by atoms with van der Waals surface area (Å²) in [6.07, 6.45) is 13.7. The maximum Gasteiger partial charge on any atom is 0.140 e. The Balaban J connectivity index is 0.000000273. The van der Waals surface area contributed by atoms with E-state index >= 15 is 0 Å². The third kappa shape index (κ3) is 6.83. The lowest BCUT2D eigenvalue weighted by atomic mass is 10.2. The van der Waals surface area contributed by atoms with E-state index in [2.05, 4.69) is 45.5 Å². The van der Waals surface area contributed by atoms with Crippen LogP contribution in [-0.2, 0) is 6.61 Å². The van der Waals surface area contributed by atoms with Gasteiger partial charge in [0.05, 0.1) is 5.69 Å². The maximum absolute atomic E-state index is 13.0. The van der Waals surface area contributed by atoms with Gasteiger partial charge in [0.2, 0.25) is 0 Å². The number of rotatable bonds is 5. The molecule has 0 spiro atoms. The summed E-state index contributed by atoms with van der Waals surface area (Å²) in [5.41, 5.74) is 3.60. The van der Waals surface area contributed by atoms with Crippen molar-refractivity contribution in [1.29, 1.82) is 0 Å². The predicted molar refractivity (Wildman–Crippen MR) is 113 cm³/mol. The first-order valence-electron chi connectivity index (χ1n) is 8.32. The molecule has 0 amide bonds. The normalized spacial score (nSPS) is 12.9. The van der Waals surface area contributed by atoms with Gasteiger partial charge in [0.1, 0.15) is 24.4 Å². The maximum atomic E-state index is 13.0. The summed E-state index contributed by atoms with van der Waals surface area (Å²) in [6, 6.07) is 6.28. The van der Waals surface area contributed by atoms with Gasteiger partial charge in [-0.25, -0.2) is 9.37 Å². The average Bonchev–Trinajstić information content (AvgIpc) is 2.88. The molecule has 27 heavy (non-hydrogen) atoms. The van der Waals surface area contributed by atoms with Crippen LogP contribution in [-0.4, -0.2) is 15.9 Å². The molecule has 0 saturated heterocycles. The molecule has 0 fully saturated rings. The van der Waals surface area contributed by atoms with Crippen molar-refractivity contribution < 1.29 is 9.23 Å². The van der Waals surface area contributed by atoms with E-state index in [4.69, 9.17) is 4.84 Å². The van der Waals surface area contributed by atoms with E-state index in [1.54, 1.807) is 41.8 Å². The molecule has 1 aromatic carbocycles. The Labute approximate surface area is 167 Å². The fourth-order valence-electron chi connectivity index (χ4n) is 2.19. The van der Waals surface area contributed by atoms with Gasteiger partial charge in [-0.05, 0) is 47.8 Å². The molecule has 0 atom stereocenters. The lowest BCUT2D eigenvalue weighted by molar-refractivity contribution is 0.0954. The molecule has 0 saturated carbocycles. The summed E-state index contributed by atoms with van der Waals surface area (Å²) in [5.74, 6) is -0.279. The second-order valence-electron chi connectivity index (χ2n) is 5.63. The Kier molecular flexibility index (Phi) is 8.45. The molecule has 1 aromatic heterocycles. The number of hydrogen-bond acceptors (Lipinski definition) is 3. The SMILES string of the molecule is C=Cc1c(/C=C/Br)ncn1OCc1cccc(F)c1.CC1=CC=CN=CC1. The number of hydrogen-bond donors (Lipinski definition) is 0. The zero-order valence-electron chi connectivity index (χ0n) is 15.1. The van der Waals surface area contributed by atoms with Crippen molar-refractivity contribution in [2.24, 2.45) is 4.99 Å². The number of allylic oxidation sites excluding steroid dienone is 3. The molecule has 3 rings (SSSR count). The molecule has 140 valence electrons. The molecule has 1 aliphatic heterocycles. The van der Waals surface area contributed by atoms with Gasteiger partial charge in [-0.2, -0.15) is 4.73 Å². The van der Waals surface area contributed by atoms with Crippen LogP contribution in [0, 0.1) is 5.82 Å². The first-order chi connectivity index (χ1) is 13.1. The number of nitrogens with zero attached hydrogens (tertiary/aromatic N) is 3. The Morgan fingerprint density at radius 2 is 2.26 bits per heavy atom. The van der Waals surface area contributed by atoms with Crippen LogP contribution in [0.2, 0.25) is 0 Å². The van der Waals surface area contributed by atoms with E-state index in [9.17, 15) is 4.39 Å². The van der Waals surface area contributed by atoms with Gasteiger partial charge in [0.15, 0.2) is 0 Å². The van der Waals surface area contributed by atoms with Crippen molar-refractivity contribution >= 4 is 34.3 Å². The number of halogens is 2. The van der Waals surface area contributed by atoms with Gasteiger partial charge in [-0.15, -0.1) is 0 Å². The van der Waals surface area contributed by atoms with Gasteiger partial charge in [0.25, 0.3) is 0 Å². The standard InChI is InChI=1S/C14H12BrFN2O.C7H9N/c1-2-14-13(6-7-15)17-10-18(14)19-9-11-4-3-5-12(16)8-11;1-7-3-2-5-8-6-4-7/h2-8,10H,1,9H2;2-3,5-6H,4H2,1H3/b7-6+;. The summed E-state index contributed by atoms with van der Waals surface area (Å²) in [6.45, 7) is 6.08. The van der Waals surface area contributed by atoms with E-state index in [0.29, 0.717) is 0 Å². The van der Waals surface area contributed by atoms with Crippen molar-refractivity contribution in [1.82, 2.24) is 9.71 Å². The van der Waals surface area contributed by atoms with Gasteiger partial charge in [-0.1, -0.05) is 46.3 Å². The lowest BCUT2D eigenvalue weighted by Crippen LogP contribution is -2.11. The average molecular weight is 430 g/mol. The van der Waals surface area contributed by atoms with Crippen LogP contribution in [0.1, 0.15) is 30.3 Å². The fourth-order valence-corrected chi connectivity index (χ4v) is 2.45. The lowest BCUT2D eigenvalue weighted by Gasteiger charge is -2.08. The third-order valence-corrected chi connectivity index (χ3v) is 3.81. The van der Waals surface area contributed by atoms with Crippen molar-refractivity contribution in [2.75, 3.05) is 0 Å². The molecule has 0 N–H and O–H groups in total. The quantitative estimate of drug-likeness (QED) is 0.621. The largest absolute Gasteiger partial charge is 0.408 e. The van der Waals surface area contributed by atoms with Crippen molar-refractivity contribution in [3.63, 3.8) is 0 Å². The highest BCUT2D eigenvalue weighted by atomic mass is 79.9. The van der Waals surface area contributed by atoms with Crippen molar-refractivity contribution in [3.8, 4) is 0 Å². The summed E-state index contributed by atoms with van der Waals surface area (Å²) in [7, 11) is 0. The minimum Gasteiger partial charge on any atom is -0.408 e. The Morgan fingerprint density at radius 3 is 3.00 bits per heavy atom. The highest BCUT2D eigenvalue weighted by Gasteiger charge is 2.06. The molecular weight excluding hydrogens is 409 g/mol. The van der Waals surface area contributed by atoms with Gasteiger partial charge in [0, 0.05) is 18.8 Å². The topological polar surface area (TPSA) is 39.4 Å². The van der Waals surface area contributed by atoms with Crippen molar-refractivity contribution in [2.45, 2.75) is 20.0 Å². The molecule has 0 unspecified atom stereocenters. The van der Waals surface area contributed by atoms with Crippen LogP contribution < -0.4 is 4.84 Å². The predicted octanol–water partition coefficient (Wildman–Crippen LogP) is 5.58. The van der Waals surface area contributed by atoms with E-state index in [0.717, 1.165) is 23.4 Å². The smallest absolute Gasteiger partial charge is 0.140 e. The summed E-state index contributed by atoms with van der Waals surface area (Å²) < 4.78 is 14.6. The number of aromatic nitrogens is 2. The molecule has 4 nitrogen and oxygen atoms in total. The highest BCUT2D eigenvalue weighted by molar-refractivity contribution is 9.11. The molecule has 0 bridgehead atoms. The van der Waals surface area contributed by atoms with Gasteiger partial charge >= 0.3 is 0 Å². The Bertz CT molecular complexity index is 881. The third-order valence-electron chi connectivity index (χ3n) is 3.55. The first-order valence-corrected chi connectivity index (χ1v) is 9.24. The van der Waals surface area contributed by atoms with Crippen LogP contribution in [0.5, 0.6) is 0 Å². The van der Waals surface area contributed by atoms with Gasteiger partial charge in [-0.3, -0.25) is 4.99 Å². The zero-order valence-corrected chi connectivity index (χ0v) is 16.6. The molecule has 0 radical (unpaired) electrons. The Hall–Kier alpha value is -2.73. The van der Waals surface area contributed by atoms with Crippen molar-refractivity contribution in [3.05, 3.63) is 88.9 Å². The molecule has 0 aliphatic carbocycles. The fraction of sp³-hybridized carbons (Fsp3) is 0.143. The van der Waals surface area contributed by atoms with Crippen LogP contribution in [0.3, 0.4) is 0 Å². The van der Waals surface area contributed by atoms with E-state index in [-0.39, 0.29) is 12.4 Å². The molecule has 6 heteroatoms. The minimum absolute atomic E-state index is 0.256. The first kappa shape index (κ1) is 20.6. The van der Waals surface area contributed by atoms with Crippen LogP contribution >= 0.6 is 15.9 Å². The number of benzene rings is 1. The van der Waals surface area contributed by atoms with E-state index in [1.807, 2.05) is 12.3 Å². The highest BCUT2D eigenvalue weighted by Crippen LogP contribution is 2.12. The number of aliphatic imine (C=N–C) groups is 1. The zero-order chi connectivity index (χ0) is 19.5. The Morgan fingerprint density at radius 1 is 1.41 bits per heavy atom. The molecule has 1 aliphatic rings. The van der Waals surface area contributed by atoms with E-state index in [1.165, 1.54) is 22.4 Å². The second-order valence-corrected chi connectivity index (χ2v) is 6.16.